The van der Waals surface area contributed by atoms with Gasteiger partial charge in [-0.3, -0.25) is 19.3 Å². The van der Waals surface area contributed by atoms with Crippen LogP contribution in [0.2, 0.25) is 0 Å². The number of anilines is 1. The molecule has 3 rings (SSSR count). The predicted molar refractivity (Wildman–Crippen MR) is 89.4 cm³/mol. The third-order valence-electron chi connectivity index (χ3n) is 4.37. The highest BCUT2D eigenvalue weighted by atomic mass is 79.9. The molecule has 126 valence electrons. The average Bonchev–Trinajstić information content (AvgIpc) is 2.80. The largest absolute Gasteiger partial charge is 0.324 e. The molecular weight excluding hydrogens is 379 g/mol. The van der Waals surface area contributed by atoms with Gasteiger partial charge in [0.2, 0.25) is 17.7 Å². The van der Waals surface area contributed by atoms with Gasteiger partial charge in [-0.25, -0.2) is 4.39 Å². The average molecular weight is 395 g/mol. The lowest BCUT2D eigenvalue weighted by molar-refractivity contribution is -0.140. The van der Waals surface area contributed by atoms with Gasteiger partial charge >= 0.3 is 0 Å². The number of allylic oxidation sites excluding steroid dienone is 2. The summed E-state index contributed by atoms with van der Waals surface area (Å²) < 4.78 is 14.3. The van der Waals surface area contributed by atoms with Crippen LogP contribution in [0.3, 0.4) is 0 Å². The maximum absolute atomic E-state index is 13.7. The summed E-state index contributed by atoms with van der Waals surface area (Å²) >= 11 is 3.14. The molecular formula is C17H16BrFN2O3. The first-order valence-electron chi connectivity index (χ1n) is 7.72. The topological polar surface area (TPSA) is 66.5 Å². The van der Waals surface area contributed by atoms with Crippen LogP contribution in [0.15, 0.2) is 34.8 Å². The Morgan fingerprint density at radius 1 is 1.21 bits per heavy atom. The maximum Gasteiger partial charge on any atom is 0.233 e. The van der Waals surface area contributed by atoms with Crippen molar-refractivity contribution in [1.29, 1.82) is 0 Å². The Hall–Kier alpha value is -2.02. The van der Waals surface area contributed by atoms with Crippen molar-refractivity contribution in [2.24, 2.45) is 11.8 Å². The number of nitrogens with zero attached hydrogens (tertiary/aromatic N) is 1. The summed E-state index contributed by atoms with van der Waals surface area (Å²) in [6.07, 6.45) is 4.92. The molecule has 1 aromatic rings. The van der Waals surface area contributed by atoms with Crippen LogP contribution in [0, 0.1) is 17.7 Å². The van der Waals surface area contributed by atoms with E-state index in [0.717, 1.165) is 0 Å². The zero-order valence-electron chi connectivity index (χ0n) is 12.8. The van der Waals surface area contributed by atoms with E-state index < -0.39 is 11.7 Å². The molecule has 1 saturated heterocycles. The second-order valence-corrected chi connectivity index (χ2v) is 6.82. The minimum absolute atomic E-state index is 0.0225. The molecule has 1 fully saturated rings. The standard InChI is InChI=1S/C17H16BrFN2O3/c18-10-5-6-14(13(19)9-10)20-15(22)7-8-21-16(23)11-3-1-2-4-12(11)17(21)24/h1-2,5-6,9,11-12H,3-4,7-8H2,(H,20,22)/t11-,12-/m0/s1. The van der Waals surface area contributed by atoms with Crippen LogP contribution in [0.4, 0.5) is 10.1 Å². The van der Waals surface area contributed by atoms with Gasteiger partial charge in [0.25, 0.3) is 0 Å². The van der Waals surface area contributed by atoms with E-state index in [1.54, 1.807) is 6.07 Å². The molecule has 5 nitrogen and oxygen atoms in total. The lowest BCUT2D eigenvalue weighted by Gasteiger charge is -2.14. The summed E-state index contributed by atoms with van der Waals surface area (Å²) in [4.78, 5) is 37.7. The quantitative estimate of drug-likeness (QED) is 0.630. The van der Waals surface area contributed by atoms with Crippen molar-refractivity contribution in [3.63, 3.8) is 0 Å². The molecule has 2 atom stereocenters. The highest BCUT2D eigenvalue weighted by Gasteiger charge is 2.46. The number of halogens is 2. The third kappa shape index (κ3) is 3.26. The molecule has 1 aliphatic carbocycles. The third-order valence-corrected chi connectivity index (χ3v) is 4.86. The zero-order valence-corrected chi connectivity index (χ0v) is 14.4. The summed E-state index contributed by atoms with van der Waals surface area (Å²) in [6.45, 7) is 0.0225. The van der Waals surface area contributed by atoms with E-state index in [2.05, 4.69) is 21.2 Å². The first kappa shape index (κ1) is 16.8. The Morgan fingerprint density at radius 3 is 2.42 bits per heavy atom. The molecule has 0 spiro atoms. The Kier molecular flexibility index (Phi) is 4.80. The molecule has 2 aliphatic rings. The van der Waals surface area contributed by atoms with Crippen molar-refractivity contribution >= 4 is 39.3 Å². The zero-order chi connectivity index (χ0) is 17.3. The fourth-order valence-corrected chi connectivity index (χ4v) is 3.44. The molecule has 0 radical (unpaired) electrons. The number of likely N-dealkylation sites (tertiary alicyclic amines) is 1. The molecule has 1 N–H and O–H groups in total. The van der Waals surface area contributed by atoms with Gasteiger partial charge in [0, 0.05) is 17.4 Å². The number of fused-ring (bicyclic) bond motifs is 1. The van der Waals surface area contributed by atoms with Crippen molar-refractivity contribution in [2.45, 2.75) is 19.3 Å². The Morgan fingerprint density at radius 2 is 1.83 bits per heavy atom. The van der Waals surface area contributed by atoms with Gasteiger partial charge < -0.3 is 5.32 Å². The molecule has 0 unspecified atom stereocenters. The monoisotopic (exact) mass is 394 g/mol. The first-order valence-corrected chi connectivity index (χ1v) is 8.52. The number of hydrogen-bond acceptors (Lipinski definition) is 3. The number of nitrogens with one attached hydrogen (secondary N) is 1. The van der Waals surface area contributed by atoms with Gasteiger partial charge in [0.1, 0.15) is 5.82 Å². The van der Waals surface area contributed by atoms with Crippen LogP contribution in [0.1, 0.15) is 19.3 Å². The van der Waals surface area contributed by atoms with Crippen LogP contribution < -0.4 is 5.32 Å². The van der Waals surface area contributed by atoms with Crippen LogP contribution in [-0.4, -0.2) is 29.2 Å². The summed E-state index contributed by atoms with van der Waals surface area (Å²) in [5.41, 5.74) is 0.0696. The van der Waals surface area contributed by atoms with Gasteiger partial charge in [0.15, 0.2) is 0 Å². The smallest absolute Gasteiger partial charge is 0.233 e. The number of imide groups is 1. The second kappa shape index (κ2) is 6.84. The maximum atomic E-state index is 13.7. The molecule has 3 amide bonds. The first-order chi connectivity index (χ1) is 11.5. The molecule has 1 aromatic carbocycles. The van der Waals surface area contributed by atoms with Crippen molar-refractivity contribution in [3.05, 3.63) is 40.6 Å². The van der Waals surface area contributed by atoms with Crippen molar-refractivity contribution < 1.29 is 18.8 Å². The van der Waals surface area contributed by atoms with Crippen LogP contribution >= 0.6 is 15.9 Å². The molecule has 0 aromatic heterocycles. The predicted octanol–water partition coefficient (Wildman–Crippen LogP) is 2.87. The van der Waals surface area contributed by atoms with Crippen molar-refractivity contribution in [3.8, 4) is 0 Å². The van der Waals surface area contributed by atoms with Crippen molar-refractivity contribution in [2.75, 3.05) is 11.9 Å². The highest BCUT2D eigenvalue weighted by molar-refractivity contribution is 9.10. The molecule has 0 bridgehead atoms. The number of hydrogen-bond donors (Lipinski definition) is 1. The van der Waals surface area contributed by atoms with Crippen LogP contribution in [-0.2, 0) is 14.4 Å². The van der Waals surface area contributed by atoms with E-state index in [4.69, 9.17) is 0 Å². The van der Waals surface area contributed by atoms with Gasteiger partial charge in [-0.2, -0.15) is 0 Å². The number of carbonyl (C=O) groups is 3. The summed E-state index contributed by atoms with van der Waals surface area (Å²) in [5, 5.41) is 2.46. The van der Waals surface area contributed by atoms with Gasteiger partial charge in [-0.05, 0) is 31.0 Å². The Balaban J connectivity index is 1.58. The molecule has 0 saturated carbocycles. The normalized spacial score (nSPS) is 22.7. The molecule has 24 heavy (non-hydrogen) atoms. The number of amides is 3. The van der Waals surface area contributed by atoms with Gasteiger partial charge in [-0.15, -0.1) is 0 Å². The fraction of sp³-hybridized carbons (Fsp3) is 0.353. The van der Waals surface area contributed by atoms with E-state index in [-0.39, 0.29) is 42.3 Å². The SMILES string of the molecule is O=C(CCN1C(=O)[C@H]2CC=CC[C@@H]2C1=O)Nc1ccc(Br)cc1F. The lowest BCUT2D eigenvalue weighted by atomic mass is 9.85. The number of carbonyl (C=O) groups excluding carboxylic acids is 3. The minimum atomic E-state index is -0.553. The van der Waals surface area contributed by atoms with Crippen molar-refractivity contribution in [1.82, 2.24) is 4.90 Å². The molecule has 1 heterocycles. The summed E-state index contributed by atoms with van der Waals surface area (Å²) in [6, 6.07) is 4.31. The molecule has 7 heteroatoms. The van der Waals surface area contributed by atoms with E-state index in [1.807, 2.05) is 12.2 Å². The Labute approximate surface area is 147 Å². The Bertz CT molecular complexity index is 709. The van der Waals surface area contributed by atoms with Gasteiger partial charge in [-0.1, -0.05) is 28.1 Å². The van der Waals surface area contributed by atoms with Crippen LogP contribution in [0.25, 0.3) is 0 Å². The highest BCUT2D eigenvalue weighted by Crippen LogP contribution is 2.35. The van der Waals surface area contributed by atoms with E-state index in [1.165, 1.54) is 17.0 Å². The van der Waals surface area contributed by atoms with E-state index in [9.17, 15) is 18.8 Å². The second-order valence-electron chi connectivity index (χ2n) is 5.91. The minimum Gasteiger partial charge on any atom is -0.324 e. The number of rotatable bonds is 4. The summed E-state index contributed by atoms with van der Waals surface area (Å²) in [7, 11) is 0. The molecule has 1 aliphatic heterocycles. The van der Waals surface area contributed by atoms with Gasteiger partial charge in [0.05, 0.1) is 17.5 Å². The lowest BCUT2D eigenvalue weighted by Crippen LogP contribution is -2.34. The summed E-state index contributed by atoms with van der Waals surface area (Å²) in [5.74, 6) is -2.01. The van der Waals surface area contributed by atoms with E-state index in [0.29, 0.717) is 17.3 Å². The number of benzene rings is 1. The van der Waals surface area contributed by atoms with E-state index >= 15 is 0 Å². The fourth-order valence-electron chi connectivity index (χ4n) is 3.11. The van der Waals surface area contributed by atoms with Crippen LogP contribution in [0.5, 0.6) is 0 Å².